The Morgan fingerprint density at radius 3 is 2.57 bits per heavy atom. The maximum absolute atomic E-state index is 11.4. The van der Waals surface area contributed by atoms with E-state index in [4.69, 9.17) is 0 Å². The first kappa shape index (κ1) is 9.97. The van der Waals surface area contributed by atoms with Crippen molar-refractivity contribution >= 4 is 5.91 Å². The molecule has 2 saturated carbocycles. The highest BCUT2D eigenvalue weighted by molar-refractivity contribution is 5.80. The van der Waals surface area contributed by atoms with Crippen LogP contribution in [0.3, 0.4) is 0 Å². The molecule has 2 fully saturated rings. The van der Waals surface area contributed by atoms with Gasteiger partial charge in [-0.3, -0.25) is 4.79 Å². The molecule has 0 spiro atoms. The molecule has 0 saturated heterocycles. The zero-order chi connectivity index (χ0) is 10.2. The first-order valence-electron chi connectivity index (χ1n) is 5.58. The van der Waals surface area contributed by atoms with Gasteiger partial charge < -0.3 is 10.6 Å². The minimum absolute atomic E-state index is 0.277. The summed E-state index contributed by atoms with van der Waals surface area (Å²) in [6.07, 6.45) is 4.58. The van der Waals surface area contributed by atoms with Gasteiger partial charge in [-0.05, 0) is 38.1 Å². The fourth-order valence-corrected chi connectivity index (χ4v) is 2.27. The highest BCUT2D eigenvalue weighted by atomic mass is 16.2. The quantitative estimate of drug-likeness (QED) is 0.701. The molecule has 0 aliphatic heterocycles. The molecule has 0 aromatic heterocycles. The molecule has 2 aliphatic rings. The summed E-state index contributed by atoms with van der Waals surface area (Å²) in [4.78, 5) is 11.4. The third kappa shape index (κ3) is 2.08. The van der Waals surface area contributed by atoms with Gasteiger partial charge in [-0.2, -0.15) is 0 Å². The second kappa shape index (κ2) is 3.54. The van der Waals surface area contributed by atoms with E-state index < -0.39 is 0 Å². The van der Waals surface area contributed by atoms with Crippen molar-refractivity contribution < 1.29 is 4.79 Å². The molecule has 1 amide bonds. The van der Waals surface area contributed by atoms with Crippen molar-refractivity contribution in [1.29, 1.82) is 0 Å². The Kier molecular flexibility index (Phi) is 2.52. The van der Waals surface area contributed by atoms with E-state index in [1.54, 1.807) is 0 Å². The predicted octanol–water partition coefficient (Wildman–Crippen LogP) is 0.901. The SMILES string of the molecule is CNC1CC(C)(CNC(=O)C2CC2)C1. The summed E-state index contributed by atoms with van der Waals surface area (Å²) in [7, 11) is 2.01. The number of amides is 1. The van der Waals surface area contributed by atoms with Gasteiger partial charge in [0.1, 0.15) is 0 Å². The molecule has 0 radical (unpaired) electrons. The molecule has 3 heteroatoms. The smallest absolute Gasteiger partial charge is 0.223 e. The standard InChI is InChI=1S/C11H20N2O/c1-11(5-9(6-11)12-2)7-13-10(14)8-3-4-8/h8-9,12H,3-7H2,1-2H3,(H,13,14). The van der Waals surface area contributed by atoms with Crippen molar-refractivity contribution in [3.63, 3.8) is 0 Å². The molecule has 80 valence electrons. The molecule has 0 heterocycles. The van der Waals surface area contributed by atoms with E-state index in [-0.39, 0.29) is 5.91 Å². The van der Waals surface area contributed by atoms with E-state index in [9.17, 15) is 4.79 Å². The van der Waals surface area contributed by atoms with Crippen molar-refractivity contribution in [3.05, 3.63) is 0 Å². The van der Waals surface area contributed by atoms with Crippen molar-refractivity contribution in [1.82, 2.24) is 10.6 Å². The third-order valence-electron chi connectivity index (χ3n) is 3.52. The van der Waals surface area contributed by atoms with Crippen LogP contribution in [0.2, 0.25) is 0 Å². The van der Waals surface area contributed by atoms with Crippen molar-refractivity contribution in [2.24, 2.45) is 11.3 Å². The van der Waals surface area contributed by atoms with Crippen LogP contribution in [0.5, 0.6) is 0 Å². The van der Waals surface area contributed by atoms with Crippen LogP contribution in [0, 0.1) is 11.3 Å². The summed E-state index contributed by atoms with van der Waals surface area (Å²) in [6.45, 7) is 3.12. The van der Waals surface area contributed by atoms with Gasteiger partial charge in [-0.25, -0.2) is 0 Å². The molecule has 0 aromatic carbocycles. The number of carbonyl (C=O) groups excluding carboxylic acids is 1. The maximum Gasteiger partial charge on any atom is 0.223 e. The Labute approximate surface area is 85.6 Å². The van der Waals surface area contributed by atoms with Gasteiger partial charge in [0.25, 0.3) is 0 Å². The molecule has 3 nitrogen and oxygen atoms in total. The normalized spacial score (nSPS) is 36.3. The number of rotatable bonds is 4. The maximum atomic E-state index is 11.4. The lowest BCUT2D eigenvalue weighted by molar-refractivity contribution is -0.123. The van der Waals surface area contributed by atoms with E-state index >= 15 is 0 Å². The van der Waals surface area contributed by atoms with Crippen LogP contribution in [0.1, 0.15) is 32.6 Å². The van der Waals surface area contributed by atoms with Gasteiger partial charge in [-0.15, -0.1) is 0 Å². The summed E-state index contributed by atoms with van der Waals surface area (Å²) in [5.74, 6) is 0.623. The molecule has 0 atom stereocenters. The van der Waals surface area contributed by atoms with Crippen LogP contribution in [0.4, 0.5) is 0 Å². The Morgan fingerprint density at radius 2 is 2.07 bits per heavy atom. The zero-order valence-corrected chi connectivity index (χ0v) is 9.10. The Hall–Kier alpha value is -0.570. The minimum atomic E-state index is 0.277. The first-order valence-corrected chi connectivity index (χ1v) is 5.58. The second-order valence-corrected chi connectivity index (χ2v) is 5.20. The van der Waals surface area contributed by atoms with Gasteiger partial charge in [0.05, 0.1) is 0 Å². The summed E-state index contributed by atoms with van der Waals surface area (Å²) in [5.41, 5.74) is 0.345. The fourth-order valence-electron chi connectivity index (χ4n) is 2.27. The van der Waals surface area contributed by atoms with E-state index in [2.05, 4.69) is 17.6 Å². The average molecular weight is 196 g/mol. The predicted molar refractivity (Wildman–Crippen MR) is 55.9 cm³/mol. The van der Waals surface area contributed by atoms with E-state index in [0.29, 0.717) is 17.4 Å². The van der Waals surface area contributed by atoms with Gasteiger partial charge in [0.15, 0.2) is 0 Å². The second-order valence-electron chi connectivity index (χ2n) is 5.20. The number of carbonyl (C=O) groups is 1. The molecular weight excluding hydrogens is 176 g/mol. The highest BCUT2D eigenvalue weighted by Crippen LogP contribution is 2.40. The van der Waals surface area contributed by atoms with Crippen LogP contribution in [0.15, 0.2) is 0 Å². The molecule has 0 unspecified atom stereocenters. The van der Waals surface area contributed by atoms with Crippen LogP contribution in [-0.4, -0.2) is 25.5 Å². The number of hydrogen-bond acceptors (Lipinski definition) is 2. The van der Waals surface area contributed by atoms with Crippen LogP contribution in [-0.2, 0) is 4.79 Å². The monoisotopic (exact) mass is 196 g/mol. The first-order chi connectivity index (χ1) is 6.63. The molecule has 2 N–H and O–H groups in total. The third-order valence-corrected chi connectivity index (χ3v) is 3.52. The highest BCUT2D eigenvalue weighted by Gasteiger charge is 2.40. The average Bonchev–Trinajstić information content (AvgIpc) is 2.92. The Morgan fingerprint density at radius 1 is 1.43 bits per heavy atom. The summed E-state index contributed by atoms with van der Waals surface area (Å²) < 4.78 is 0. The number of hydrogen-bond donors (Lipinski definition) is 2. The van der Waals surface area contributed by atoms with Crippen LogP contribution < -0.4 is 10.6 Å². The van der Waals surface area contributed by atoms with Crippen molar-refractivity contribution in [2.75, 3.05) is 13.6 Å². The summed E-state index contributed by atoms with van der Waals surface area (Å²) >= 11 is 0. The fraction of sp³-hybridized carbons (Fsp3) is 0.909. The van der Waals surface area contributed by atoms with E-state index in [1.807, 2.05) is 7.05 Å². The molecule has 0 bridgehead atoms. The topological polar surface area (TPSA) is 41.1 Å². The van der Waals surface area contributed by atoms with Gasteiger partial charge in [0.2, 0.25) is 5.91 Å². The molecular formula is C11H20N2O. The van der Waals surface area contributed by atoms with Crippen LogP contribution >= 0.6 is 0 Å². The van der Waals surface area contributed by atoms with Crippen molar-refractivity contribution in [3.8, 4) is 0 Å². The number of nitrogens with one attached hydrogen (secondary N) is 2. The Bertz CT molecular complexity index is 229. The van der Waals surface area contributed by atoms with Gasteiger partial charge >= 0.3 is 0 Å². The summed E-state index contributed by atoms with van der Waals surface area (Å²) in [5, 5.41) is 6.33. The van der Waals surface area contributed by atoms with E-state index in [1.165, 1.54) is 12.8 Å². The van der Waals surface area contributed by atoms with Crippen molar-refractivity contribution in [2.45, 2.75) is 38.6 Å². The molecule has 2 rings (SSSR count). The Balaban J connectivity index is 1.68. The zero-order valence-electron chi connectivity index (χ0n) is 9.10. The summed E-state index contributed by atoms with van der Waals surface area (Å²) in [6, 6.07) is 0.665. The van der Waals surface area contributed by atoms with E-state index in [0.717, 1.165) is 19.4 Å². The minimum Gasteiger partial charge on any atom is -0.355 e. The molecule has 14 heavy (non-hydrogen) atoms. The lowest BCUT2D eigenvalue weighted by Gasteiger charge is -2.45. The molecule has 0 aromatic rings. The lowest BCUT2D eigenvalue weighted by atomic mass is 9.67. The van der Waals surface area contributed by atoms with Crippen LogP contribution in [0.25, 0.3) is 0 Å². The van der Waals surface area contributed by atoms with Gasteiger partial charge in [0, 0.05) is 18.5 Å². The van der Waals surface area contributed by atoms with Gasteiger partial charge in [-0.1, -0.05) is 6.92 Å². The largest absolute Gasteiger partial charge is 0.355 e. The lowest BCUT2D eigenvalue weighted by Crippen LogP contribution is -2.51. The molecule has 2 aliphatic carbocycles.